The molecule has 0 bridgehead atoms. The summed E-state index contributed by atoms with van der Waals surface area (Å²) in [7, 11) is 0. The number of rotatable bonds is 4. The molecule has 2 heterocycles. The highest BCUT2D eigenvalue weighted by Crippen LogP contribution is 2.37. The molecular weight excluding hydrogens is 282 g/mol. The van der Waals surface area contributed by atoms with Crippen molar-refractivity contribution in [2.45, 2.75) is 37.2 Å². The highest BCUT2D eigenvalue weighted by atomic mass is 32.2. The number of nitrogens with zero attached hydrogens (tertiary/aromatic N) is 1. The van der Waals surface area contributed by atoms with Crippen molar-refractivity contribution in [2.75, 3.05) is 0 Å². The summed E-state index contributed by atoms with van der Waals surface area (Å²) < 4.78 is 5.73. The lowest BCUT2D eigenvalue weighted by Crippen LogP contribution is -2.22. The third kappa shape index (κ3) is 2.99. The molecule has 0 spiro atoms. The lowest BCUT2D eigenvalue weighted by Gasteiger charge is -2.16. The molecule has 0 amide bonds. The fourth-order valence-electron chi connectivity index (χ4n) is 2.31. The van der Waals surface area contributed by atoms with Gasteiger partial charge in [-0.25, -0.2) is 4.98 Å². The first-order valence-corrected chi connectivity index (χ1v) is 7.86. The fourth-order valence-corrected chi connectivity index (χ4v) is 3.32. The van der Waals surface area contributed by atoms with Crippen molar-refractivity contribution in [3.8, 4) is 0 Å². The van der Waals surface area contributed by atoms with Crippen LogP contribution < -0.4 is 5.73 Å². The number of nitrogens with two attached hydrogens (primary N) is 1. The summed E-state index contributed by atoms with van der Waals surface area (Å²) >= 11 is 1.61. The van der Waals surface area contributed by atoms with Crippen LogP contribution in [0, 0.1) is 13.8 Å². The first kappa shape index (κ1) is 14.2. The third-order valence-corrected chi connectivity index (χ3v) is 4.71. The van der Waals surface area contributed by atoms with Gasteiger partial charge in [-0.15, -0.1) is 0 Å². The Balaban J connectivity index is 1.90. The number of nitrogens with one attached hydrogen (secondary N) is 1. The number of thioether (sulfide) groups is 1. The minimum Gasteiger partial charge on any atom is -0.465 e. The molecule has 0 aliphatic rings. The Labute approximate surface area is 128 Å². The maximum absolute atomic E-state index is 6.12. The number of H-pyrrole nitrogens is 1. The highest BCUT2D eigenvalue weighted by Gasteiger charge is 2.22. The Morgan fingerprint density at radius 3 is 2.71 bits per heavy atom. The molecule has 2 aromatic heterocycles. The van der Waals surface area contributed by atoms with Crippen molar-refractivity contribution in [1.82, 2.24) is 9.97 Å². The zero-order valence-corrected chi connectivity index (χ0v) is 13.2. The van der Waals surface area contributed by atoms with Crippen molar-refractivity contribution in [2.24, 2.45) is 5.73 Å². The van der Waals surface area contributed by atoms with E-state index in [0.717, 1.165) is 27.7 Å². The fraction of sp³-hybridized carbons (Fsp3) is 0.312. The molecule has 0 saturated carbocycles. The number of imidazole rings is 1. The highest BCUT2D eigenvalue weighted by molar-refractivity contribution is 7.99. The first-order valence-electron chi connectivity index (χ1n) is 6.98. The van der Waals surface area contributed by atoms with Gasteiger partial charge in [-0.3, -0.25) is 0 Å². The van der Waals surface area contributed by atoms with Crippen molar-refractivity contribution in [3.63, 3.8) is 0 Å². The van der Waals surface area contributed by atoms with E-state index < -0.39 is 0 Å². The Morgan fingerprint density at radius 1 is 1.24 bits per heavy atom. The predicted molar refractivity (Wildman–Crippen MR) is 86.5 cm³/mol. The summed E-state index contributed by atoms with van der Waals surface area (Å²) in [6.45, 7) is 6.00. The van der Waals surface area contributed by atoms with Crippen LogP contribution in [0.25, 0.3) is 11.0 Å². The predicted octanol–water partition coefficient (Wildman–Crippen LogP) is 3.95. The van der Waals surface area contributed by atoms with E-state index in [9.17, 15) is 0 Å². The normalized spacial score (nSPS) is 14.5. The Morgan fingerprint density at radius 2 is 2.05 bits per heavy atom. The van der Waals surface area contributed by atoms with Crippen LogP contribution in [0.5, 0.6) is 0 Å². The zero-order valence-electron chi connectivity index (χ0n) is 12.4. The second kappa shape index (κ2) is 5.58. The van der Waals surface area contributed by atoms with Gasteiger partial charge in [-0.05, 0) is 50.6 Å². The van der Waals surface area contributed by atoms with Gasteiger partial charge in [-0.2, -0.15) is 0 Å². The van der Waals surface area contributed by atoms with Crippen molar-refractivity contribution < 1.29 is 4.42 Å². The van der Waals surface area contributed by atoms with Gasteiger partial charge in [0.15, 0.2) is 5.16 Å². The molecule has 0 fully saturated rings. The van der Waals surface area contributed by atoms with Gasteiger partial charge in [0.25, 0.3) is 0 Å². The second-order valence-electron chi connectivity index (χ2n) is 5.41. The van der Waals surface area contributed by atoms with Gasteiger partial charge in [0.1, 0.15) is 11.5 Å². The van der Waals surface area contributed by atoms with E-state index in [-0.39, 0.29) is 11.3 Å². The number of fused-ring (bicyclic) bond motifs is 1. The molecule has 2 atom stereocenters. The van der Waals surface area contributed by atoms with Crippen LogP contribution in [0.4, 0.5) is 0 Å². The van der Waals surface area contributed by atoms with Crippen LogP contribution in [-0.2, 0) is 0 Å². The molecule has 3 N–H and O–H groups in total. The number of aromatic nitrogens is 2. The molecule has 0 radical (unpaired) electrons. The Hall–Kier alpha value is -1.72. The van der Waals surface area contributed by atoms with Crippen LogP contribution in [0.1, 0.15) is 29.3 Å². The summed E-state index contributed by atoms with van der Waals surface area (Å²) in [5.41, 5.74) is 9.36. The van der Waals surface area contributed by atoms with Gasteiger partial charge in [0.05, 0.1) is 16.3 Å². The average molecular weight is 301 g/mol. The maximum Gasteiger partial charge on any atom is 0.167 e. The Bertz CT molecular complexity index is 760. The van der Waals surface area contributed by atoms with E-state index in [4.69, 9.17) is 10.2 Å². The second-order valence-corrected chi connectivity index (χ2v) is 6.54. The number of aryl methyl sites for hydroxylation is 2. The smallest absolute Gasteiger partial charge is 0.167 e. The molecule has 0 saturated heterocycles. The summed E-state index contributed by atoms with van der Waals surface area (Å²) in [6.07, 6.45) is 0. The van der Waals surface area contributed by atoms with Crippen LogP contribution in [0.2, 0.25) is 0 Å². The molecular formula is C16H19N3OS. The SMILES string of the molecule is Cc1ccc2nc(SC(c3ccc(C)o3)C(C)N)[nH]c2c1. The summed E-state index contributed by atoms with van der Waals surface area (Å²) in [6, 6.07) is 10.1. The molecule has 21 heavy (non-hydrogen) atoms. The molecule has 2 unspecified atom stereocenters. The largest absolute Gasteiger partial charge is 0.465 e. The standard InChI is InChI=1S/C16H19N3OS/c1-9-4-6-12-13(8-9)19-16(18-12)21-15(11(3)17)14-7-5-10(2)20-14/h4-8,11,15H,17H2,1-3H3,(H,18,19). The first-order chi connectivity index (χ1) is 10.0. The van der Waals surface area contributed by atoms with Crippen molar-refractivity contribution >= 4 is 22.8 Å². The van der Waals surface area contributed by atoms with Crippen LogP contribution >= 0.6 is 11.8 Å². The van der Waals surface area contributed by atoms with Gasteiger partial charge in [0, 0.05) is 6.04 Å². The number of furan rings is 1. The van der Waals surface area contributed by atoms with Crippen molar-refractivity contribution in [1.29, 1.82) is 0 Å². The van der Waals surface area contributed by atoms with Crippen LogP contribution in [0.3, 0.4) is 0 Å². The van der Waals surface area contributed by atoms with E-state index >= 15 is 0 Å². The minimum absolute atomic E-state index is 0.0319. The zero-order chi connectivity index (χ0) is 15.0. The quantitative estimate of drug-likeness (QED) is 0.716. The average Bonchev–Trinajstić information content (AvgIpc) is 3.01. The molecule has 1 aromatic carbocycles. The monoisotopic (exact) mass is 301 g/mol. The molecule has 3 aromatic rings. The van der Waals surface area contributed by atoms with Gasteiger partial charge < -0.3 is 15.1 Å². The summed E-state index contributed by atoms with van der Waals surface area (Å²) in [5.74, 6) is 1.79. The molecule has 3 rings (SSSR count). The van der Waals surface area contributed by atoms with Crippen LogP contribution in [0.15, 0.2) is 39.9 Å². The minimum atomic E-state index is -0.0319. The molecule has 110 valence electrons. The van der Waals surface area contributed by atoms with E-state index in [2.05, 4.69) is 29.0 Å². The van der Waals surface area contributed by atoms with Crippen LogP contribution in [-0.4, -0.2) is 16.0 Å². The Kier molecular flexibility index (Phi) is 3.78. The van der Waals surface area contributed by atoms with E-state index in [1.807, 2.05) is 32.0 Å². The number of hydrogen-bond acceptors (Lipinski definition) is 4. The van der Waals surface area contributed by atoms with Gasteiger partial charge in [-0.1, -0.05) is 17.8 Å². The maximum atomic E-state index is 6.12. The third-order valence-electron chi connectivity index (χ3n) is 3.37. The van der Waals surface area contributed by atoms with Gasteiger partial charge in [0.2, 0.25) is 0 Å². The number of hydrogen-bond donors (Lipinski definition) is 2. The van der Waals surface area contributed by atoms with E-state index in [1.54, 1.807) is 11.8 Å². The topological polar surface area (TPSA) is 67.8 Å². The van der Waals surface area contributed by atoms with E-state index in [1.165, 1.54) is 5.56 Å². The molecule has 4 nitrogen and oxygen atoms in total. The summed E-state index contributed by atoms with van der Waals surface area (Å²) in [4.78, 5) is 7.97. The molecule has 5 heteroatoms. The van der Waals surface area contributed by atoms with Gasteiger partial charge >= 0.3 is 0 Å². The molecule has 0 aliphatic carbocycles. The van der Waals surface area contributed by atoms with E-state index in [0.29, 0.717) is 0 Å². The molecule has 0 aliphatic heterocycles. The summed E-state index contributed by atoms with van der Waals surface area (Å²) in [5, 5.41) is 0.910. The van der Waals surface area contributed by atoms with Crippen molar-refractivity contribution in [3.05, 3.63) is 47.4 Å². The number of benzene rings is 1. The lowest BCUT2D eigenvalue weighted by atomic mass is 10.2. The lowest BCUT2D eigenvalue weighted by molar-refractivity contribution is 0.464. The number of aromatic amines is 1.